The molecule has 6 heteroatoms. The van der Waals surface area contributed by atoms with E-state index < -0.39 is 4.92 Å². The number of nitro benzene ring substituents is 1. The molecular weight excluding hydrogens is 339 g/mol. The molecule has 0 aliphatic carbocycles. The molecule has 0 spiro atoms. The molecule has 0 saturated heterocycles. The number of non-ortho nitro benzene ring substituents is 1. The lowest BCUT2D eigenvalue weighted by molar-refractivity contribution is -0.384. The monoisotopic (exact) mass is 352 g/mol. The number of hydrogen-bond acceptors (Lipinski definition) is 3. The molecule has 0 amide bonds. The third kappa shape index (κ3) is 3.78. The van der Waals surface area contributed by atoms with E-state index in [0.29, 0.717) is 11.9 Å². The first-order valence-electron chi connectivity index (χ1n) is 6.30. The molecule has 0 aromatic heterocycles. The van der Waals surface area contributed by atoms with Crippen LogP contribution in [-0.4, -0.2) is 12.0 Å². The lowest BCUT2D eigenvalue weighted by Crippen LogP contribution is -2.17. The first-order valence-corrected chi connectivity index (χ1v) is 7.42. The smallest absolute Gasteiger partial charge is 0.269 e. The Labute approximate surface area is 130 Å². The molecule has 0 heterocycles. The number of halogens is 2. The molecule has 2 rings (SSSR count). The summed E-state index contributed by atoms with van der Waals surface area (Å²) < 4.78 is 12.9. The third-order valence-corrected chi connectivity index (χ3v) is 3.77. The lowest BCUT2D eigenvalue weighted by atomic mass is 10.1. The van der Waals surface area contributed by atoms with Crippen molar-refractivity contribution in [2.24, 2.45) is 0 Å². The van der Waals surface area contributed by atoms with Gasteiger partial charge in [0.1, 0.15) is 5.82 Å². The summed E-state index contributed by atoms with van der Waals surface area (Å²) >= 11 is 3.36. The fraction of sp³-hybridized carbons (Fsp3) is 0.200. The van der Waals surface area contributed by atoms with Crippen LogP contribution in [0.2, 0.25) is 0 Å². The molecule has 0 aliphatic rings. The molecule has 0 unspecified atom stereocenters. The predicted octanol–water partition coefficient (Wildman–Crippen LogP) is 4.27. The average molecular weight is 353 g/mol. The summed E-state index contributed by atoms with van der Waals surface area (Å²) in [6.07, 6.45) is 0. The number of benzene rings is 2. The van der Waals surface area contributed by atoms with Gasteiger partial charge in [0, 0.05) is 36.7 Å². The normalized spacial score (nSPS) is 10.4. The first-order chi connectivity index (χ1) is 10.0. The SMILES string of the molecule is CN(Cc1ccc(F)cc1)c1ccc([N+](=O)[O-])cc1CBr. The van der Waals surface area contributed by atoms with Crippen molar-refractivity contribution in [3.05, 3.63) is 69.5 Å². The maximum Gasteiger partial charge on any atom is 0.269 e. The molecule has 0 bridgehead atoms. The number of nitrogens with zero attached hydrogens (tertiary/aromatic N) is 2. The summed E-state index contributed by atoms with van der Waals surface area (Å²) in [7, 11) is 1.90. The highest BCUT2D eigenvalue weighted by Gasteiger charge is 2.13. The van der Waals surface area contributed by atoms with Crippen molar-refractivity contribution in [3.8, 4) is 0 Å². The summed E-state index contributed by atoms with van der Waals surface area (Å²) in [5.41, 5.74) is 2.79. The fourth-order valence-corrected chi connectivity index (χ4v) is 2.56. The van der Waals surface area contributed by atoms with Gasteiger partial charge in [-0.3, -0.25) is 10.1 Å². The molecule has 4 nitrogen and oxygen atoms in total. The van der Waals surface area contributed by atoms with E-state index in [2.05, 4.69) is 15.9 Å². The van der Waals surface area contributed by atoms with Gasteiger partial charge in [-0.2, -0.15) is 0 Å². The van der Waals surface area contributed by atoms with Crippen molar-refractivity contribution in [2.75, 3.05) is 11.9 Å². The Hall–Kier alpha value is -1.95. The number of alkyl halides is 1. The Morgan fingerprint density at radius 3 is 2.48 bits per heavy atom. The summed E-state index contributed by atoms with van der Waals surface area (Å²) in [6, 6.07) is 11.1. The summed E-state index contributed by atoms with van der Waals surface area (Å²) in [4.78, 5) is 12.4. The minimum Gasteiger partial charge on any atom is -0.370 e. The van der Waals surface area contributed by atoms with E-state index >= 15 is 0 Å². The molecular formula is C15H14BrFN2O2. The predicted molar refractivity (Wildman–Crippen MR) is 84.2 cm³/mol. The zero-order chi connectivity index (χ0) is 15.4. The van der Waals surface area contributed by atoms with Crippen molar-refractivity contribution < 1.29 is 9.31 Å². The van der Waals surface area contributed by atoms with E-state index in [1.807, 2.05) is 11.9 Å². The molecule has 0 fully saturated rings. The van der Waals surface area contributed by atoms with Gasteiger partial charge in [0.2, 0.25) is 0 Å². The van der Waals surface area contributed by atoms with Crippen LogP contribution < -0.4 is 4.90 Å². The van der Waals surface area contributed by atoms with E-state index in [1.54, 1.807) is 24.3 Å². The quantitative estimate of drug-likeness (QED) is 0.458. The van der Waals surface area contributed by atoms with E-state index in [9.17, 15) is 14.5 Å². The Balaban J connectivity index is 2.23. The van der Waals surface area contributed by atoms with E-state index in [0.717, 1.165) is 16.8 Å². The molecule has 21 heavy (non-hydrogen) atoms. The van der Waals surface area contributed by atoms with Crippen LogP contribution >= 0.6 is 15.9 Å². The van der Waals surface area contributed by atoms with Crippen LogP contribution in [0.3, 0.4) is 0 Å². The summed E-state index contributed by atoms with van der Waals surface area (Å²) in [5.74, 6) is -0.266. The molecule has 2 aromatic rings. The van der Waals surface area contributed by atoms with Gasteiger partial charge < -0.3 is 4.90 Å². The average Bonchev–Trinajstić information content (AvgIpc) is 2.48. The zero-order valence-corrected chi connectivity index (χ0v) is 13.0. The van der Waals surface area contributed by atoms with Gasteiger partial charge >= 0.3 is 0 Å². The third-order valence-electron chi connectivity index (χ3n) is 3.16. The van der Waals surface area contributed by atoms with Crippen molar-refractivity contribution in [1.82, 2.24) is 0 Å². The van der Waals surface area contributed by atoms with Crippen LogP contribution in [0.1, 0.15) is 11.1 Å². The minimum absolute atomic E-state index is 0.0726. The van der Waals surface area contributed by atoms with Gasteiger partial charge in [0.15, 0.2) is 0 Å². The van der Waals surface area contributed by atoms with Crippen molar-refractivity contribution in [1.29, 1.82) is 0 Å². The van der Waals surface area contributed by atoms with Crippen molar-refractivity contribution >= 4 is 27.3 Å². The van der Waals surface area contributed by atoms with Gasteiger partial charge in [-0.05, 0) is 29.3 Å². The summed E-state index contributed by atoms with van der Waals surface area (Å²) in [6.45, 7) is 0.595. The van der Waals surface area contributed by atoms with E-state index in [4.69, 9.17) is 0 Å². The van der Waals surface area contributed by atoms with Gasteiger partial charge in [0.25, 0.3) is 5.69 Å². The number of hydrogen-bond donors (Lipinski definition) is 0. The largest absolute Gasteiger partial charge is 0.370 e. The fourth-order valence-electron chi connectivity index (χ4n) is 2.11. The molecule has 0 atom stereocenters. The topological polar surface area (TPSA) is 46.4 Å². The van der Waals surface area contributed by atoms with Crippen molar-refractivity contribution in [3.63, 3.8) is 0 Å². The zero-order valence-electron chi connectivity index (χ0n) is 11.4. The second kappa shape index (κ2) is 6.67. The van der Waals surface area contributed by atoms with Gasteiger partial charge in [-0.25, -0.2) is 4.39 Å². The Morgan fingerprint density at radius 1 is 1.24 bits per heavy atom. The molecule has 0 N–H and O–H groups in total. The maximum atomic E-state index is 12.9. The Kier molecular flexibility index (Phi) is 4.90. The maximum absolute atomic E-state index is 12.9. The second-order valence-corrected chi connectivity index (χ2v) is 5.25. The molecule has 0 saturated carbocycles. The molecule has 2 aromatic carbocycles. The van der Waals surface area contributed by atoms with Crippen LogP contribution in [0.5, 0.6) is 0 Å². The number of rotatable bonds is 5. The second-order valence-electron chi connectivity index (χ2n) is 4.69. The minimum atomic E-state index is -0.407. The van der Waals surface area contributed by atoms with Crippen LogP contribution in [0, 0.1) is 15.9 Å². The van der Waals surface area contributed by atoms with Crippen LogP contribution in [-0.2, 0) is 11.9 Å². The standard InChI is InChI=1S/C15H14BrFN2O2/c1-18(10-11-2-4-13(17)5-3-11)15-7-6-14(19(20)21)8-12(15)9-16/h2-8H,9-10H2,1H3. The number of nitro groups is 1. The molecule has 110 valence electrons. The lowest BCUT2D eigenvalue weighted by Gasteiger charge is -2.22. The highest BCUT2D eigenvalue weighted by atomic mass is 79.9. The van der Waals surface area contributed by atoms with Gasteiger partial charge in [-0.15, -0.1) is 0 Å². The van der Waals surface area contributed by atoms with Crippen LogP contribution in [0.4, 0.5) is 15.8 Å². The number of anilines is 1. The first kappa shape index (κ1) is 15.4. The van der Waals surface area contributed by atoms with E-state index in [-0.39, 0.29) is 11.5 Å². The van der Waals surface area contributed by atoms with Gasteiger partial charge in [0.05, 0.1) is 4.92 Å². The van der Waals surface area contributed by atoms with Crippen LogP contribution in [0.15, 0.2) is 42.5 Å². The van der Waals surface area contributed by atoms with Crippen molar-refractivity contribution in [2.45, 2.75) is 11.9 Å². The molecule has 0 aliphatic heterocycles. The summed E-state index contributed by atoms with van der Waals surface area (Å²) in [5, 5.41) is 11.3. The Morgan fingerprint density at radius 2 is 1.90 bits per heavy atom. The van der Waals surface area contributed by atoms with Crippen LogP contribution in [0.25, 0.3) is 0 Å². The highest BCUT2D eigenvalue weighted by Crippen LogP contribution is 2.27. The Bertz CT molecular complexity index is 647. The van der Waals surface area contributed by atoms with Gasteiger partial charge in [-0.1, -0.05) is 28.1 Å². The highest BCUT2D eigenvalue weighted by molar-refractivity contribution is 9.08. The molecule has 0 radical (unpaired) electrons. The van der Waals surface area contributed by atoms with E-state index in [1.165, 1.54) is 18.2 Å².